The first-order valence-corrected chi connectivity index (χ1v) is 6.42. The fraction of sp³-hybridized carbons (Fsp3) is 0.818. The Labute approximate surface area is 106 Å². The minimum absolute atomic E-state index is 0.253. The first-order chi connectivity index (χ1) is 8.16. The van der Waals surface area contributed by atoms with Crippen molar-refractivity contribution >= 4 is 17.6 Å². The molecule has 2 atom stereocenters. The number of ether oxygens (including phenoxy) is 1. The van der Waals surface area contributed by atoms with Gasteiger partial charge in [0.2, 0.25) is 5.89 Å². The Morgan fingerprint density at radius 2 is 2.00 bits per heavy atom. The molecule has 0 bridgehead atoms. The number of hydrogen-bond acceptors (Lipinski definition) is 5. The lowest BCUT2D eigenvalue weighted by atomic mass is 9.93. The molecule has 2 unspecified atom stereocenters. The maximum Gasteiger partial charge on any atom is 0.315 e. The van der Waals surface area contributed by atoms with Crippen LogP contribution in [0.4, 0.5) is 6.01 Å². The Kier molecular flexibility index (Phi) is 4.23. The van der Waals surface area contributed by atoms with Gasteiger partial charge in [-0.15, -0.1) is 16.7 Å². The SMILES string of the molecule is CC(Cl)c1nnc(NC(C)C2CCOCC2)o1. The highest BCUT2D eigenvalue weighted by atomic mass is 35.5. The van der Waals surface area contributed by atoms with Gasteiger partial charge >= 0.3 is 6.01 Å². The normalized spacial score (nSPS) is 21.1. The predicted octanol–water partition coefficient (Wildman–Crippen LogP) is 2.60. The monoisotopic (exact) mass is 259 g/mol. The van der Waals surface area contributed by atoms with E-state index in [0.717, 1.165) is 26.1 Å². The van der Waals surface area contributed by atoms with Gasteiger partial charge in [0, 0.05) is 19.3 Å². The van der Waals surface area contributed by atoms with Crippen LogP contribution in [0.25, 0.3) is 0 Å². The van der Waals surface area contributed by atoms with Gasteiger partial charge in [-0.3, -0.25) is 0 Å². The van der Waals surface area contributed by atoms with E-state index in [2.05, 4.69) is 22.4 Å². The van der Waals surface area contributed by atoms with Crippen LogP contribution in [0, 0.1) is 5.92 Å². The Balaban J connectivity index is 1.90. The highest BCUT2D eigenvalue weighted by Gasteiger charge is 2.22. The van der Waals surface area contributed by atoms with Gasteiger partial charge in [-0.2, -0.15) is 0 Å². The molecule has 2 rings (SSSR count). The van der Waals surface area contributed by atoms with Gasteiger partial charge in [0.25, 0.3) is 0 Å². The molecule has 1 aliphatic heterocycles. The first-order valence-electron chi connectivity index (χ1n) is 5.98. The average molecular weight is 260 g/mol. The van der Waals surface area contributed by atoms with Crippen molar-refractivity contribution in [1.29, 1.82) is 0 Å². The Hall–Kier alpha value is -0.810. The van der Waals surface area contributed by atoms with Gasteiger partial charge in [-0.05, 0) is 32.6 Å². The Morgan fingerprint density at radius 1 is 1.29 bits per heavy atom. The van der Waals surface area contributed by atoms with Crippen LogP contribution in [-0.4, -0.2) is 29.5 Å². The fourth-order valence-electron chi connectivity index (χ4n) is 1.98. The molecule has 1 fully saturated rings. The van der Waals surface area contributed by atoms with Crippen LogP contribution >= 0.6 is 11.6 Å². The van der Waals surface area contributed by atoms with E-state index >= 15 is 0 Å². The summed E-state index contributed by atoms with van der Waals surface area (Å²) in [7, 11) is 0. The number of hydrogen-bond donors (Lipinski definition) is 1. The third kappa shape index (κ3) is 3.33. The van der Waals surface area contributed by atoms with E-state index in [1.165, 1.54) is 0 Å². The van der Waals surface area contributed by atoms with Gasteiger partial charge in [0.05, 0.1) is 0 Å². The molecule has 0 radical (unpaired) electrons. The lowest BCUT2D eigenvalue weighted by Gasteiger charge is -2.27. The minimum Gasteiger partial charge on any atom is -0.406 e. The lowest BCUT2D eigenvalue weighted by molar-refractivity contribution is 0.0620. The maximum absolute atomic E-state index is 5.86. The van der Waals surface area contributed by atoms with Gasteiger partial charge in [-0.25, -0.2) is 0 Å². The van der Waals surface area contributed by atoms with Crippen molar-refractivity contribution in [2.45, 2.75) is 38.1 Å². The van der Waals surface area contributed by atoms with Crippen LogP contribution in [0.3, 0.4) is 0 Å². The third-order valence-corrected chi connectivity index (χ3v) is 3.29. The molecule has 1 saturated heterocycles. The van der Waals surface area contributed by atoms with Gasteiger partial charge < -0.3 is 14.5 Å². The summed E-state index contributed by atoms with van der Waals surface area (Å²) in [6, 6.07) is 0.754. The molecule has 1 aromatic heterocycles. The highest BCUT2D eigenvalue weighted by Crippen LogP contribution is 2.23. The standard InChI is InChI=1S/C11H18ClN3O2/c1-7(12)10-14-15-11(17-10)13-8(2)9-3-5-16-6-4-9/h7-9H,3-6H2,1-2H3,(H,13,15). The van der Waals surface area contributed by atoms with Crippen LogP contribution in [0.1, 0.15) is 38.0 Å². The van der Waals surface area contributed by atoms with E-state index in [9.17, 15) is 0 Å². The zero-order chi connectivity index (χ0) is 12.3. The van der Waals surface area contributed by atoms with Gasteiger partial charge in [0.15, 0.2) is 0 Å². The number of aromatic nitrogens is 2. The van der Waals surface area contributed by atoms with Crippen molar-refractivity contribution in [2.75, 3.05) is 18.5 Å². The molecule has 0 aliphatic carbocycles. The molecular weight excluding hydrogens is 242 g/mol. The molecule has 5 nitrogen and oxygen atoms in total. The summed E-state index contributed by atoms with van der Waals surface area (Å²) in [5, 5.41) is 10.8. The molecule has 2 heterocycles. The van der Waals surface area contributed by atoms with Crippen LogP contribution < -0.4 is 5.32 Å². The molecule has 0 spiro atoms. The van der Waals surface area contributed by atoms with E-state index < -0.39 is 0 Å². The predicted molar refractivity (Wildman–Crippen MR) is 65.2 cm³/mol. The number of alkyl halides is 1. The Bertz CT molecular complexity index is 350. The van der Waals surface area contributed by atoms with Crippen molar-refractivity contribution in [3.8, 4) is 0 Å². The van der Waals surface area contributed by atoms with Gasteiger partial charge in [0.1, 0.15) is 5.38 Å². The number of nitrogens with zero attached hydrogens (tertiary/aromatic N) is 2. The zero-order valence-electron chi connectivity index (χ0n) is 10.1. The molecule has 6 heteroatoms. The average Bonchev–Trinajstić information content (AvgIpc) is 2.79. The summed E-state index contributed by atoms with van der Waals surface area (Å²) in [6.07, 6.45) is 2.14. The molecule has 17 heavy (non-hydrogen) atoms. The van der Waals surface area contributed by atoms with Crippen molar-refractivity contribution in [3.63, 3.8) is 0 Å². The van der Waals surface area contributed by atoms with Crippen LogP contribution in [-0.2, 0) is 4.74 Å². The quantitative estimate of drug-likeness (QED) is 0.843. The Morgan fingerprint density at radius 3 is 2.59 bits per heavy atom. The second-order valence-electron chi connectivity index (χ2n) is 4.44. The van der Waals surface area contributed by atoms with Crippen molar-refractivity contribution in [2.24, 2.45) is 5.92 Å². The third-order valence-electron chi connectivity index (χ3n) is 3.11. The van der Waals surface area contributed by atoms with Crippen molar-refractivity contribution in [1.82, 2.24) is 10.2 Å². The summed E-state index contributed by atoms with van der Waals surface area (Å²) < 4.78 is 10.7. The molecule has 0 amide bonds. The summed E-state index contributed by atoms with van der Waals surface area (Å²) in [6.45, 7) is 5.61. The molecule has 96 valence electrons. The smallest absolute Gasteiger partial charge is 0.315 e. The summed E-state index contributed by atoms with van der Waals surface area (Å²) in [4.78, 5) is 0. The zero-order valence-corrected chi connectivity index (χ0v) is 10.9. The van der Waals surface area contributed by atoms with Crippen molar-refractivity contribution < 1.29 is 9.15 Å². The van der Waals surface area contributed by atoms with E-state index in [1.807, 2.05) is 0 Å². The van der Waals surface area contributed by atoms with Gasteiger partial charge in [-0.1, -0.05) is 5.10 Å². The topological polar surface area (TPSA) is 60.2 Å². The maximum atomic E-state index is 5.86. The first kappa shape index (κ1) is 12.6. The number of rotatable bonds is 4. The number of halogens is 1. The largest absolute Gasteiger partial charge is 0.406 e. The highest BCUT2D eigenvalue weighted by molar-refractivity contribution is 6.20. The molecular formula is C11H18ClN3O2. The number of nitrogens with one attached hydrogen (secondary N) is 1. The summed E-state index contributed by atoms with van der Waals surface area (Å²) in [5.74, 6) is 1.04. The molecule has 1 aliphatic rings. The van der Waals surface area contributed by atoms with E-state index in [0.29, 0.717) is 23.9 Å². The van der Waals surface area contributed by atoms with Crippen LogP contribution in [0.2, 0.25) is 0 Å². The van der Waals surface area contributed by atoms with Crippen molar-refractivity contribution in [3.05, 3.63) is 5.89 Å². The molecule has 1 N–H and O–H groups in total. The fourth-order valence-corrected chi connectivity index (χ4v) is 2.07. The van der Waals surface area contributed by atoms with E-state index in [4.69, 9.17) is 20.8 Å². The van der Waals surface area contributed by atoms with Crippen LogP contribution in [0.15, 0.2) is 4.42 Å². The lowest BCUT2D eigenvalue weighted by Crippen LogP contribution is -2.31. The molecule has 1 aromatic rings. The minimum atomic E-state index is -0.253. The molecule has 0 saturated carbocycles. The van der Waals surface area contributed by atoms with E-state index in [-0.39, 0.29) is 5.38 Å². The summed E-state index contributed by atoms with van der Waals surface area (Å²) >= 11 is 5.86. The van der Waals surface area contributed by atoms with E-state index in [1.54, 1.807) is 6.92 Å². The number of anilines is 1. The second-order valence-corrected chi connectivity index (χ2v) is 5.10. The molecule has 0 aromatic carbocycles. The second kappa shape index (κ2) is 5.69. The summed E-state index contributed by atoms with van der Waals surface area (Å²) in [5.41, 5.74) is 0. The van der Waals surface area contributed by atoms with Crippen LogP contribution in [0.5, 0.6) is 0 Å².